The number of rotatable bonds is 7. The average Bonchev–Trinajstić information content (AvgIpc) is 2.67. The van der Waals surface area contributed by atoms with E-state index in [2.05, 4.69) is 24.5 Å². The highest BCUT2D eigenvalue weighted by Crippen LogP contribution is 2.14. The predicted molar refractivity (Wildman–Crippen MR) is 118 cm³/mol. The van der Waals surface area contributed by atoms with E-state index in [-0.39, 0.29) is 16.9 Å². The van der Waals surface area contributed by atoms with Gasteiger partial charge in [-0.15, -0.1) is 0 Å². The van der Waals surface area contributed by atoms with Crippen molar-refractivity contribution in [3.8, 4) is 0 Å². The van der Waals surface area contributed by atoms with Crippen LogP contribution in [0.2, 0.25) is 0 Å². The first-order valence-corrected chi connectivity index (χ1v) is 9.93. The van der Waals surface area contributed by atoms with E-state index in [0.29, 0.717) is 16.8 Å². The lowest BCUT2D eigenvalue weighted by atomic mass is 10.1. The van der Waals surface area contributed by atoms with Gasteiger partial charge in [-0.05, 0) is 62.3 Å². The van der Waals surface area contributed by atoms with Gasteiger partial charge in [-0.25, -0.2) is 0 Å². The highest BCUT2D eigenvalue weighted by atomic mass is 32.1. The maximum absolute atomic E-state index is 12.7. The van der Waals surface area contributed by atoms with Gasteiger partial charge in [0.05, 0.1) is 0 Å². The van der Waals surface area contributed by atoms with Crippen molar-refractivity contribution in [1.82, 2.24) is 10.2 Å². The molecular formula is C22H27N3O2S. The zero-order valence-corrected chi connectivity index (χ0v) is 17.4. The van der Waals surface area contributed by atoms with E-state index in [0.717, 1.165) is 31.5 Å². The Labute approximate surface area is 172 Å². The fourth-order valence-corrected chi connectivity index (χ4v) is 3.02. The Kier molecular flexibility index (Phi) is 8.14. The standard InChI is InChI=1S/C22H27N3O2S/c1-4-13-25(14-5-2)21(27)18-7-6-8-19(15-18)23-22(28)24-20(26)17-11-9-16(3)10-12-17/h6-12,15H,4-5,13-14H2,1-3H3,(H2,23,24,26,28). The van der Waals surface area contributed by atoms with Gasteiger partial charge in [0.25, 0.3) is 11.8 Å². The van der Waals surface area contributed by atoms with E-state index in [1.165, 1.54) is 0 Å². The van der Waals surface area contributed by atoms with Gasteiger partial charge >= 0.3 is 0 Å². The van der Waals surface area contributed by atoms with E-state index >= 15 is 0 Å². The van der Waals surface area contributed by atoms with Crippen LogP contribution in [0.15, 0.2) is 48.5 Å². The summed E-state index contributed by atoms with van der Waals surface area (Å²) >= 11 is 5.24. The summed E-state index contributed by atoms with van der Waals surface area (Å²) in [6, 6.07) is 14.4. The summed E-state index contributed by atoms with van der Waals surface area (Å²) in [4.78, 5) is 26.9. The van der Waals surface area contributed by atoms with Crippen LogP contribution in [-0.2, 0) is 0 Å². The minimum absolute atomic E-state index is 0.00181. The molecule has 0 aromatic heterocycles. The average molecular weight is 398 g/mol. The number of amides is 2. The van der Waals surface area contributed by atoms with E-state index < -0.39 is 0 Å². The number of aryl methyl sites for hydroxylation is 1. The molecule has 0 spiro atoms. The molecule has 28 heavy (non-hydrogen) atoms. The molecule has 6 heteroatoms. The molecule has 0 aliphatic carbocycles. The van der Waals surface area contributed by atoms with E-state index in [1.54, 1.807) is 30.3 Å². The largest absolute Gasteiger partial charge is 0.339 e. The third-order valence-electron chi connectivity index (χ3n) is 4.18. The molecule has 0 saturated heterocycles. The zero-order valence-electron chi connectivity index (χ0n) is 16.6. The maximum atomic E-state index is 12.7. The highest BCUT2D eigenvalue weighted by Gasteiger charge is 2.15. The summed E-state index contributed by atoms with van der Waals surface area (Å²) < 4.78 is 0. The second-order valence-electron chi connectivity index (χ2n) is 6.65. The lowest BCUT2D eigenvalue weighted by molar-refractivity contribution is 0.0755. The quantitative estimate of drug-likeness (QED) is 0.681. The number of carbonyl (C=O) groups excluding carboxylic acids is 2. The Bertz CT molecular complexity index is 828. The molecule has 2 rings (SSSR count). The number of nitrogens with one attached hydrogen (secondary N) is 2. The van der Waals surface area contributed by atoms with E-state index in [4.69, 9.17) is 12.2 Å². The Balaban J connectivity index is 2.03. The van der Waals surface area contributed by atoms with Crippen LogP contribution in [0, 0.1) is 6.92 Å². The first-order valence-electron chi connectivity index (χ1n) is 9.53. The molecular weight excluding hydrogens is 370 g/mol. The van der Waals surface area contributed by atoms with Gasteiger partial charge in [-0.2, -0.15) is 0 Å². The van der Waals surface area contributed by atoms with Gasteiger partial charge in [0.1, 0.15) is 0 Å². The second-order valence-corrected chi connectivity index (χ2v) is 7.06. The minimum atomic E-state index is -0.276. The van der Waals surface area contributed by atoms with Crippen LogP contribution in [0.1, 0.15) is 53.0 Å². The summed E-state index contributed by atoms with van der Waals surface area (Å²) in [6.07, 6.45) is 1.83. The Morgan fingerprint density at radius 3 is 2.21 bits per heavy atom. The number of carbonyl (C=O) groups is 2. The first-order chi connectivity index (χ1) is 13.4. The topological polar surface area (TPSA) is 61.4 Å². The number of hydrogen-bond donors (Lipinski definition) is 2. The minimum Gasteiger partial charge on any atom is -0.339 e. The Hall–Kier alpha value is -2.73. The van der Waals surface area contributed by atoms with Crippen LogP contribution in [-0.4, -0.2) is 34.9 Å². The van der Waals surface area contributed by atoms with Crippen LogP contribution in [0.4, 0.5) is 5.69 Å². The molecule has 0 saturated carbocycles. The lowest BCUT2D eigenvalue weighted by Gasteiger charge is -2.21. The van der Waals surface area contributed by atoms with Crippen LogP contribution >= 0.6 is 12.2 Å². The molecule has 0 aliphatic rings. The Morgan fingerprint density at radius 2 is 1.61 bits per heavy atom. The fraction of sp³-hybridized carbons (Fsp3) is 0.318. The smallest absolute Gasteiger partial charge is 0.257 e. The van der Waals surface area contributed by atoms with Crippen LogP contribution in [0.25, 0.3) is 0 Å². The van der Waals surface area contributed by atoms with Crippen molar-refractivity contribution in [3.05, 3.63) is 65.2 Å². The van der Waals surface area contributed by atoms with E-state index in [9.17, 15) is 9.59 Å². The van der Waals surface area contributed by atoms with Crippen molar-refractivity contribution < 1.29 is 9.59 Å². The van der Waals surface area contributed by atoms with Crippen molar-refractivity contribution in [2.24, 2.45) is 0 Å². The monoisotopic (exact) mass is 397 g/mol. The van der Waals surface area contributed by atoms with E-state index in [1.807, 2.05) is 30.0 Å². The summed E-state index contributed by atoms with van der Waals surface area (Å²) in [6.45, 7) is 7.54. The van der Waals surface area contributed by atoms with Gasteiger partial charge in [-0.1, -0.05) is 37.6 Å². The molecule has 0 fully saturated rings. The molecule has 0 unspecified atom stereocenters. The molecule has 148 valence electrons. The third kappa shape index (κ3) is 6.16. The molecule has 2 aromatic rings. The molecule has 5 nitrogen and oxygen atoms in total. The molecule has 0 atom stereocenters. The van der Waals surface area contributed by atoms with Crippen LogP contribution in [0.3, 0.4) is 0 Å². The van der Waals surface area contributed by atoms with Gasteiger partial charge < -0.3 is 10.2 Å². The number of thiocarbonyl (C=S) groups is 1. The summed E-state index contributed by atoms with van der Waals surface area (Å²) in [5.41, 5.74) is 2.87. The van der Waals surface area contributed by atoms with Crippen LogP contribution in [0.5, 0.6) is 0 Å². The molecule has 0 radical (unpaired) electrons. The SMILES string of the molecule is CCCN(CCC)C(=O)c1cccc(NC(=S)NC(=O)c2ccc(C)cc2)c1. The van der Waals surface area contributed by atoms with Crippen molar-refractivity contribution in [2.75, 3.05) is 18.4 Å². The first kappa shape index (κ1) is 21.6. The van der Waals surface area contributed by atoms with Gasteiger partial charge in [0.2, 0.25) is 0 Å². The molecule has 0 bridgehead atoms. The third-order valence-corrected chi connectivity index (χ3v) is 4.39. The van der Waals surface area contributed by atoms with Crippen molar-refractivity contribution in [3.63, 3.8) is 0 Å². The molecule has 2 aromatic carbocycles. The van der Waals surface area contributed by atoms with Crippen molar-refractivity contribution in [2.45, 2.75) is 33.6 Å². The number of hydrogen-bond acceptors (Lipinski definition) is 3. The summed E-state index contributed by atoms with van der Waals surface area (Å²) in [5.74, 6) is -0.274. The number of nitrogens with zero attached hydrogens (tertiary/aromatic N) is 1. The normalized spacial score (nSPS) is 10.2. The zero-order chi connectivity index (χ0) is 20.5. The fourth-order valence-electron chi connectivity index (χ4n) is 2.81. The molecule has 0 heterocycles. The highest BCUT2D eigenvalue weighted by molar-refractivity contribution is 7.80. The maximum Gasteiger partial charge on any atom is 0.257 e. The van der Waals surface area contributed by atoms with Gasteiger partial charge in [0.15, 0.2) is 5.11 Å². The van der Waals surface area contributed by atoms with Crippen molar-refractivity contribution >= 4 is 34.8 Å². The number of benzene rings is 2. The lowest BCUT2D eigenvalue weighted by Crippen LogP contribution is -2.34. The predicted octanol–water partition coefficient (Wildman–Crippen LogP) is 4.38. The summed E-state index contributed by atoms with van der Waals surface area (Å²) in [5, 5.41) is 5.83. The van der Waals surface area contributed by atoms with Crippen LogP contribution < -0.4 is 10.6 Å². The summed E-state index contributed by atoms with van der Waals surface area (Å²) in [7, 11) is 0. The number of anilines is 1. The van der Waals surface area contributed by atoms with Crippen molar-refractivity contribution in [1.29, 1.82) is 0 Å². The molecule has 2 N–H and O–H groups in total. The molecule has 2 amide bonds. The van der Waals surface area contributed by atoms with Gasteiger partial charge in [-0.3, -0.25) is 14.9 Å². The van der Waals surface area contributed by atoms with Gasteiger partial charge in [0, 0.05) is 29.9 Å². The molecule has 0 aliphatic heterocycles. The second kappa shape index (κ2) is 10.6. The Morgan fingerprint density at radius 1 is 0.964 bits per heavy atom.